The maximum atomic E-state index is 5.55. The van der Waals surface area contributed by atoms with Gasteiger partial charge in [-0.2, -0.15) is 0 Å². The summed E-state index contributed by atoms with van der Waals surface area (Å²) in [6.07, 6.45) is 1.79. The maximum absolute atomic E-state index is 5.55. The molecule has 0 saturated heterocycles. The number of benzene rings is 1. The Morgan fingerprint density at radius 3 is 2.73 bits per heavy atom. The molecule has 1 aliphatic rings. The molecular weight excluding hydrogens is 358 g/mol. The number of pyridine rings is 1. The number of rotatable bonds is 2. The Morgan fingerprint density at radius 1 is 1.23 bits per heavy atom. The summed E-state index contributed by atoms with van der Waals surface area (Å²) in [5.41, 5.74) is 3.72. The highest BCUT2D eigenvalue weighted by Gasteiger charge is 2.25. The van der Waals surface area contributed by atoms with Crippen LogP contribution in [0.15, 0.2) is 52.1 Å². The first-order valence-electron chi connectivity index (χ1n) is 7.16. The van der Waals surface area contributed by atoms with E-state index in [-0.39, 0.29) is 6.04 Å². The summed E-state index contributed by atoms with van der Waals surface area (Å²) in [6.45, 7) is 4.26. The quantitative estimate of drug-likeness (QED) is 0.789. The van der Waals surface area contributed by atoms with E-state index >= 15 is 0 Å². The van der Waals surface area contributed by atoms with Gasteiger partial charge in [-0.3, -0.25) is 9.98 Å². The van der Waals surface area contributed by atoms with Crippen LogP contribution in [0.5, 0.6) is 0 Å². The van der Waals surface area contributed by atoms with Crippen molar-refractivity contribution < 1.29 is 0 Å². The zero-order valence-electron chi connectivity index (χ0n) is 12.4. The van der Waals surface area contributed by atoms with E-state index in [4.69, 9.17) is 17.2 Å². The second-order valence-electron chi connectivity index (χ2n) is 5.56. The Morgan fingerprint density at radius 2 is 2.05 bits per heavy atom. The van der Waals surface area contributed by atoms with E-state index in [1.54, 1.807) is 6.20 Å². The topological polar surface area (TPSA) is 37.3 Å². The van der Waals surface area contributed by atoms with Crippen LogP contribution in [0.1, 0.15) is 25.1 Å². The van der Waals surface area contributed by atoms with Crippen LogP contribution in [-0.4, -0.2) is 21.7 Å². The van der Waals surface area contributed by atoms with Gasteiger partial charge in [0.2, 0.25) is 0 Å². The van der Waals surface area contributed by atoms with E-state index in [1.807, 2.05) is 30.3 Å². The lowest BCUT2D eigenvalue weighted by molar-refractivity contribution is 0.602. The normalized spacial score (nSPS) is 17.5. The summed E-state index contributed by atoms with van der Waals surface area (Å²) in [5, 5.41) is 3.35. The van der Waals surface area contributed by atoms with Crippen molar-refractivity contribution in [2.45, 2.75) is 19.9 Å². The van der Waals surface area contributed by atoms with Gasteiger partial charge in [0.15, 0.2) is 0 Å². The second-order valence-corrected chi connectivity index (χ2v) is 6.92. The molecule has 5 heteroatoms. The minimum Gasteiger partial charge on any atom is -0.348 e. The third kappa shape index (κ3) is 2.96. The molecule has 22 heavy (non-hydrogen) atoms. The highest BCUT2D eigenvalue weighted by atomic mass is 79.9. The van der Waals surface area contributed by atoms with Crippen LogP contribution in [0.3, 0.4) is 0 Å². The number of fused-ring (bicyclic) bond motifs is 1. The molecule has 0 amide bonds. The molecule has 3 rings (SSSR count). The summed E-state index contributed by atoms with van der Waals surface area (Å²) in [7, 11) is 0. The third-order valence-corrected chi connectivity index (χ3v) is 4.41. The molecule has 112 valence electrons. The fourth-order valence-electron chi connectivity index (χ4n) is 2.45. The number of aromatic nitrogens is 1. The number of nitrogens with one attached hydrogen (secondary N) is 1. The fourth-order valence-corrected chi connectivity index (χ4v) is 3.25. The first-order chi connectivity index (χ1) is 10.6. The van der Waals surface area contributed by atoms with E-state index in [0.29, 0.717) is 5.92 Å². The zero-order chi connectivity index (χ0) is 15.7. The number of anilines is 1. The smallest absolute Gasteiger partial charge is 0.105 e. The zero-order valence-corrected chi connectivity index (χ0v) is 14.8. The molecule has 0 unspecified atom stereocenters. The van der Waals surface area contributed by atoms with E-state index in [2.05, 4.69) is 46.1 Å². The Balaban J connectivity index is 2.23. The number of benzodiazepines with no additional fused rings is 1. The van der Waals surface area contributed by atoms with Crippen molar-refractivity contribution in [2.75, 3.05) is 5.32 Å². The van der Waals surface area contributed by atoms with Crippen LogP contribution in [0.25, 0.3) is 0 Å². The van der Waals surface area contributed by atoms with Gasteiger partial charge in [0.05, 0.1) is 11.4 Å². The molecule has 1 atom stereocenters. The Labute approximate surface area is 144 Å². The molecule has 0 aliphatic carbocycles. The van der Waals surface area contributed by atoms with Gasteiger partial charge in [-0.25, -0.2) is 0 Å². The molecule has 1 N–H and O–H groups in total. The van der Waals surface area contributed by atoms with Crippen molar-refractivity contribution in [3.63, 3.8) is 0 Å². The molecule has 0 fully saturated rings. The van der Waals surface area contributed by atoms with Crippen molar-refractivity contribution in [2.24, 2.45) is 10.9 Å². The first-order valence-corrected chi connectivity index (χ1v) is 8.36. The average Bonchev–Trinajstić information content (AvgIpc) is 2.64. The second kappa shape index (κ2) is 6.26. The molecule has 0 saturated carbocycles. The lowest BCUT2D eigenvalue weighted by atomic mass is 10.0. The largest absolute Gasteiger partial charge is 0.348 e. The van der Waals surface area contributed by atoms with Gasteiger partial charge < -0.3 is 5.32 Å². The van der Waals surface area contributed by atoms with Gasteiger partial charge in [-0.05, 0) is 36.2 Å². The van der Waals surface area contributed by atoms with Crippen molar-refractivity contribution in [3.8, 4) is 0 Å². The average molecular weight is 374 g/mol. The highest BCUT2D eigenvalue weighted by Crippen LogP contribution is 2.28. The molecule has 1 aliphatic heterocycles. The Bertz CT molecular complexity index is 741. The Kier molecular flexibility index (Phi) is 4.36. The lowest BCUT2D eigenvalue weighted by Gasteiger charge is -2.17. The van der Waals surface area contributed by atoms with Gasteiger partial charge in [0.25, 0.3) is 0 Å². The Hall–Kier alpha value is -1.59. The molecule has 0 bridgehead atoms. The fraction of sp³-hybridized carbons (Fsp3) is 0.235. The molecule has 0 radical (unpaired) electrons. The number of aliphatic imine (C=N–C) groups is 1. The van der Waals surface area contributed by atoms with Gasteiger partial charge in [-0.1, -0.05) is 48.1 Å². The summed E-state index contributed by atoms with van der Waals surface area (Å²) in [5.74, 6) is 0.316. The van der Waals surface area contributed by atoms with Crippen LogP contribution >= 0.6 is 28.1 Å². The molecule has 1 aromatic carbocycles. The molecule has 0 spiro atoms. The van der Waals surface area contributed by atoms with Crippen molar-refractivity contribution >= 4 is 44.5 Å². The van der Waals surface area contributed by atoms with Gasteiger partial charge in [0.1, 0.15) is 11.0 Å². The molecule has 3 nitrogen and oxygen atoms in total. The van der Waals surface area contributed by atoms with Gasteiger partial charge in [-0.15, -0.1) is 0 Å². The summed E-state index contributed by atoms with van der Waals surface area (Å²) >= 11 is 9.09. The predicted molar refractivity (Wildman–Crippen MR) is 98.9 cm³/mol. The van der Waals surface area contributed by atoms with Crippen molar-refractivity contribution in [1.82, 2.24) is 4.98 Å². The maximum Gasteiger partial charge on any atom is 0.105 e. The predicted octanol–water partition coefficient (Wildman–Crippen LogP) is 4.46. The van der Waals surface area contributed by atoms with Gasteiger partial charge in [0, 0.05) is 21.9 Å². The third-order valence-electron chi connectivity index (χ3n) is 3.57. The minimum absolute atomic E-state index is 0.0572. The highest BCUT2D eigenvalue weighted by molar-refractivity contribution is 9.10. The number of halogens is 1. The lowest BCUT2D eigenvalue weighted by Crippen LogP contribution is -2.28. The number of hydrogen-bond acceptors (Lipinski definition) is 3. The van der Waals surface area contributed by atoms with Crippen LogP contribution < -0.4 is 5.32 Å². The van der Waals surface area contributed by atoms with Crippen LogP contribution in [-0.2, 0) is 0 Å². The van der Waals surface area contributed by atoms with Crippen molar-refractivity contribution in [3.05, 3.63) is 58.3 Å². The van der Waals surface area contributed by atoms with Crippen LogP contribution in [0.4, 0.5) is 5.69 Å². The van der Waals surface area contributed by atoms with E-state index < -0.39 is 0 Å². The molecule has 2 aromatic rings. The molecular formula is C17H16BrN3S. The number of nitrogens with zero attached hydrogens (tertiary/aromatic N) is 2. The summed E-state index contributed by atoms with van der Waals surface area (Å²) in [4.78, 5) is 10.2. The van der Waals surface area contributed by atoms with Crippen LogP contribution in [0, 0.1) is 5.92 Å². The van der Waals surface area contributed by atoms with E-state index in [0.717, 1.165) is 32.1 Å². The van der Waals surface area contributed by atoms with Crippen LogP contribution in [0.2, 0.25) is 0 Å². The van der Waals surface area contributed by atoms with E-state index in [9.17, 15) is 0 Å². The SMILES string of the molecule is CC(C)[C@@H]1N=C(c2ccccn2)c2cc(Br)ccc2NC1=S. The molecule has 1 aromatic heterocycles. The number of thiocarbonyl (C=S) groups is 1. The number of hydrogen-bond donors (Lipinski definition) is 1. The summed E-state index contributed by atoms with van der Waals surface area (Å²) < 4.78 is 1.01. The first kappa shape index (κ1) is 15.3. The van der Waals surface area contributed by atoms with Crippen molar-refractivity contribution in [1.29, 1.82) is 0 Å². The van der Waals surface area contributed by atoms with E-state index in [1.165, 1.54) is 0 Å². The summed E-state index contributed by atoms with van der Waals surface area (Å²) in [6, 6.07) is 11.9. The minimum atomic E-state index is -0.0572. The van der Waals surface area contributed by atoms with Gasteiger partial charge >= 0.3 is 0 Å². The monoisotopic (exact) mass is 373 g/mol. The molecule has 2 heterocycles. The standard InChI is InChI=1S/C17H16BrN3S/c1-10(2)15-17(22)20-13-7-6-11(18)9-12(13)16(21-15)14-5-3-4-8-19-14/h3-10,15H,1-2H3,(H,20,22)/t15-/m0/s1.